The molecule has 0 aliphatic rings. The third-order valence-electron chi connectivity index (χ3n) is 2.09. The number of nitrogen functional groups attached to an aromatic ring is 1. The van der Waals surface area contributed by atoms with Crippen molar-refractivity contribution in [3.63, 3.8) is 0 Å². The summed E-state index contributed by atoms with van der Waals surface area (Å²) in [5, 5.41) is 3.48. The molecule has 6 N–H and O–H groups in total. The molecule has 17 heavy (non-hydrogen) atoms. The number of aromatic nitrogens is 2. The fourth-order valence-electron chi connectivity index (χ4n) is 1.04. The molecule has 1 rings (SSSR count). The molecule has 0 atom stereocenters. The fraction of sp³-hybridized carbons (Fsp3) is 0.444. The van der Waals surface area contributed by atoms with Gasteiger partial charge < -0.3 is 16.5 Å². The van der Waals surface area contributed by atoms with Crippen molar-refractivity contribution in [3.05, 3.63) is 6.07 Å². The molecular weight excluding hydrogens is 240 g/mol. The lowest BCUT2D eigenvalue weighted by molar-refractivity contribution is -0.121. The van der Waals surface area contributed by atoms with Crippen LogP contribution in [-0.2, 0) is 4.79 Å². The quantitative estimate of drug-likeness (QED) is 0.256. The number of hydrazine groups is 1. The number of thioether (sulfide) groups is 1. The van der Waals surface area contributed by atoms with Gasteiger partial charge in [-0.1, -0.05) is 11.8 Å². The minimum absolute atomic E-state index is 0.465. The Balaban J connectivity index is 3.02. The Bertz CT molecular complexity index is 400. The zero-order valence-corrected chi connectivity index (χ0v) is 10.8. The van der Waals surface area contributed by atoms with Crippen LogP contribution in [0.3, 0.4) is 0 Å². The van der Waals surface area contributed by atoms with Crippen molar-refractivity contribution in [2.24, 2.45) is 11.6 Å². The Morgan fingerprint density at radius 2 is 2.00 bits per heavy atom. The van der Waals surface area contributed by atoms with Gasteiger partial charge >= 0.3 is 0 Å². The van der Waals surface area contributed by atoms with Crippen molar-refractivity contribution in [3.8, 4) is 0 Å². The van der Waals surface area contributed by atoms with Gasteiger partial charge in [-0.2, -0.15) is 0 Å². The van der Waals surface area contributed by atoms with E-state index in [1.807, 2.05) is 6.26 Å². The maximum Gasteiger partial charge on any atom is 0.242 e. The Labute approximate surface area is 104 Å². The molecule has 7 nitrogen and oxygen atoms in total. The lowest BCUT2D eigenvalue weighted by atomic mass is 10.1. The SMILES string of the molecule is CSc1nc(NN)cc(NC(C)(C)C(N)=O)n1. The first-order chi connectivity index (χ1) is 7.89. The summed E-state index contributed by atoms with van der Waals surface area (Å²) >= 11 is 1.37. The van der Waals surface area contributed by atoms with Gasteiger partial charge in [0.05, 0.1) is 0 Å². The zero-order chi connectivity index (χ0) is 13.1. The molecular formula is C9H16N6OS. The monoisotopic (exact) mass is 256 g/mol. The fourth-order valence-corrected chi connectivity index (χ4v) is 1.42. The highest BCUT2D eigenvalue weighted by molar-refractivity contribution is 7.98. The van der Waals surface area contributed by atoms with Gasteiger partial charge in [-0.05, 0) is 20.1 Å². The van der Waals surface area contributed by atoms with Gasteiger partial charge in [-0.25, -0.2) is 15.8 Å². The van der Waals surface area contributed by atoms with Gasteiger partial charge in [-0.15, -0.1) is 0 Å². The molecule has 1 amide bonds. The van der Waals surface area contributed by atoms with Gasteiger partial charge in [0.1, 0.15) is 17.2 Å². The van der Waals surface area contributed by atoms with Crippen LogP contribution in [0.15, 0.2) is 11.2 Å². The molecule has 0 aliphatic carbocycles. The van der Waals surface area contributed by atoms with E-state index < -0.39 is 11.4 Å². The van der Waals surface area contributed by atoms with Crippen LogP contribution >= 0.6 is 11.8 Å². The minimum Gasteiger partial charge on any atom is -0.368 e. The normalized spacial score (nSPS) is 11.1. The van der Waals surface area contributed by atoms with Gasteiger partial charge in [-0.3, -0.25) is 4.79 Å². The summed E-state index contributed by atoms with van der Waals surface area (Å²) in [4.78, 5) is 19.5. The van der Waals surface area contributed by atoms with Crippen LogP contribution in [0.4, 0.5) is 11.6 Å². The van der Waals surface area contributed by atoms with Gasteiger partial charge in [0, 0.05) is 6.07 Å². The third-order valence-corrected chi connectivity index (χ3v) is 2.64. The lowest BCUT2D eigenvalue weighted by Crippen LogP contribution is -2.45. The molecule has 0 bridgehead atoms. The van der Waals surface area contributed by atoms with E-state index in [4.69, 9.17) is 11.6 Å². The summed E-state index contributed by atoms with van der Waals surface area (Å²) in [5.74, 6) is 5.78. The molecule has 8 heteroatoms. The van der Waals surface area contributed by atoms with E-state index in [1.165, 1.54) is 11.8 Å². The third kappa shape index (κ3) is 3.46. The van der Waals surface area contributed by atoms with Crippen LogP contribution in [0.1, 0.15) is 13.8 Å². The van der Waals surface area contributed by atoms with Crippen LogP contribution in [0.25, 0.3) is 0 Å². The highest BCUT2D eigenvalue weighted by atomic mass is 32.2. The zero-order valence-electron chi connectivity index (χ0n) is 9.94. The number of nitrogens with zero attached hydrogens (tertiary/aromatic N) is 2. The topological polar surface area (TPSA) is 119 Å². The Hall–Kier alpha value is -1.54. The summed E-state index contributed by atoms with van der Waals surface area (Å²) in [7, 11) is 0. The molecule has 0 aliphatic heterocycles. The number of anilines is 2. The predicted octanol–water partition coefficient (Wildman–Crippen LogP) is 0.160. The second kappa shape index (κ2) is 5.19. The maximum absolute atomic E-state index is 11.2. The van der Waals surface area contributed by atoms with E-state index in [0.29, 0.717) is 16.8 Å². The predicted molar refractivity (Wildman–Crippen MR) is 68.5 cm³/mol. The van der Waals surface area contributed by atoms with E-state index in [-0.39, 0.29) is 0 Å². The number of hydrogen-bond acceptors (Lipinski definition) is 7. The van der Waals surface area contributed by atoms with E-state index in [2.05, 4.69) is 20.7 Å². The molecule has 0 fully saturated rings. The van der Waals surface area contributed by atoms with Gasteiger partial charge in [0.2, 0.25) is 5.91 Å². The van der Waals surface area contributed by atoms with Crippen LogP contribution in [0.2, 0.25) is 0 Å². The highest BCUT2D eigenvalue weighted by Crippen LogP contribution is 2.19. The number of nitrogens with two attached hydrogens (primary N) is 2. The molecule has 0 spiro atoms. The van der Waals surface area contributed by atoms with Crippen molar-refractivity contribution >= 4 is 29.3 Å². The summed E-state index contributed by atoms with van der Waals surface area (Å²) in [6.07, 6.45) is 1.85. The van der Waals surface area contributed by atoms with Crippen LogP contribution in [0.5, 0.6) is 0 Å². The lowest BCUT2D eigenvalue weighted by Gasteiger charge is -2.23. The van der Waals surface area contributed by atoms with Crippen molar-refractivity contribution in [2.75, 3.05) is 17.0 Å². The van der Waals surface area contributed by atoms with Crippen LogP contribution in [0, 0.1) is 0 Å². The summed E-state index contributed by atoms with van der Waals surface area (Å²) < 4.78 is 0. The smallest absolute Gasteiger partial charge is 0.242 e. The number of rotatable bonds is 5. The summed E-state index contributed by atoms with van der Waals surface area (Å²) in [6, 6.07) is 1.60. The number of nitrogens with one attached hydrogen (secondary N) is 2. The molecule has 0 radical (unpaired) electrons. The molecule has 94 valence electrons. The largest absolute Gasteiger partial charge is 0.368 e. The maximum atomic E-state index is 11.2. The molecule has 1 aromatic rings. The van der Waals surface area contributed by atoms with E-state index >= 15 is 0 Å². The van der Waals surface area contributed by atoms with Crippen molar-refractivity contribution in [1.82, 2.24) is 9.97 Å². The first kappa shape index (κ1) is 13.5. The number of carbonyl (C=O) groups excluding carboxylic acids is 1. The summed E-state index contributed by atoms with van der Waals surface area (Å²) in [6.45, 7) is 3.34. The van der Waals surface area contributed by atoms with E-state index in [1.54, 1.807) is 19.9 Å². The van der Waals surface area contributed by atoms with Crippen molar-refractivity contribution in [2.45, 2.75) is 24.5 Å². The molecule has 0 saturated heterocycles. The molecule has 1 heterocycles. The standard InChI is InChI=1S/C9H16N6OS/c1-9(2,7(10)16)14-5-4-6(15-11)13-8(12-5)17-3/h4H,11H2,1-3H3,(H2,10,16)(H2,12,13,14,15). The van der Waals surface area contributed by atoms with Gasteiger partial charge in [0.15, 0.2) is 5.16 Å². The van der Waals surface area contributed by atoms with Crippen molar-refractivity contribution in [1.29, 1.82) is 0 Å². The first-order valence-corrected chi connectivity index (χ1v) is 6.09. The second-order valence-corrected chi connectivity index (χ2v) is 4.66. The summed E-state index contributed by atoms with van der Waals surface area (Å²) in [5.41, 5.74) is 6.81. The first-order valence-electron chi connectivity index (χ1n) is 4.87. The second-order valence-electron chi connectivity index (χ2n) is 3.88. The average Bonchev–Trinajstić information content (AvgIpc) is 2.27. The molecule has 1 aromatic heterocycles. The average molecular weight is 256 g/mol. The highest BCUT2D eigenvalue weighted by Gasteiger charge is 2.25. The number of hydrogen-bond donors (Lipinski definition) is 4. The Morgan fingerprint density at radius 3 is 2.47 bits per heavy atom. The number of primary amides is 1. The van der Waals surface area contributed by atoms with E-state index in [9.17, 15) is 4.79 Å². The Kier molecular flexibility index (Phi) is 4.13. The number of carbonyl (C=O) groups is 1. The molecule has 0 unspecified atom stereocenters. The molecule has 0 saturated carbocycles. The molecule has 0 aromatic carbocycles. The minimum atomic E-state index is -0.893. The Morgan fingerprint density at radius 1 is 1.41 bits per heavy atom. The number of amides is 1. The van der Waals surface area contributed by atoms with Crippen LogP contribution in [-0.4, -0.2) is 27.7 Å². The van der Waals surface area contributed by atoms with E-state index in [0.717, 1.165) is 0 Å². The van der Waals surface area contributed by atoms with Gasteiger partial charge in [0.25, 0.3) is 0 Å². The van der Waals surface area contributed by atoms with Crippen molar-refractivity contribution < 1.29 is 4.79 Å². The van der Waals surface area contributed by atoms with Crippen LogP contribution < -0.4 is 22.3 Å².